The van der Waals surface area contributed by atoms with Crippen LogP contribution in [0.1, 0.15) is 24.8 Å². The van der Waals surface area contributed by atoms with Gasteiger partial charge in [-0.1, -0.05) is 6.07 Å². The molecule has 0 radical (unpaired) electrons. The minimum Gasteiger partial charge on any atom is -0.442 e. The molecular formula is C20H17F3N4O2. The highest BCUT2D eigenvalue weighted by atomic mass is 19.3. The van der Waals surface area contributed by atoms with Crippen LogP contribution in [-0.4, -0.2) is 44.4 Å². The number of hydrogen-bond acceptors (Lipinski definition) is 4. The number of carbonyl (C=O) groups excluding carboxylic acids is 1. The summed E-state index contributed by atoms with van der Waals surface area (Å²) in [6, 6.07) is 5.67. The lowest BCUT2D eigenvalue weighted by atomic mass is 10.0. The van der Waals surface area contributed by atoms with Crippen LogP contribution in [0.5, 0.6) is 0 Å². The lowest BCUT2D eigenvalue weighted by Gasteiger charge is -2.11. The second-order valence-corrected chi connectivity index (χ2v) is 7.38. The van der Waals surface area contributed by atoms with Crippen molar-refractivity contribution in [2.24, 2.45) is 0 Å². The predicted molar refractivity (Wildman–Crippen MR) is 97.9 cm³/mol. The van der Waals surface area contributed by atoms with E-state index in [2.05, 4.69) is 10.1 Å². The minimum atomic E-state index is -2.90. The lowest BCUT2D eigenvalue weighted by molar-refractivity contribution is 0.123. The van der Waals surface area contributed by atoms with Gasteiger partial charge < -0.3 is 9.64 Å². The van der Waals surface area contributed by atoms with Gasteiger partial charge in [0.25, 0.3) is 6.43 Å². The Bertz CT molecular complexity index is 1100. The summed E-state index contributed by atoms with van der Waals surface area (Å²) < 4.78 is 46.8. The molecule has 5 rings (SSSR count). The number of carbonyl (C=O) groups is 1. The summed E-state index contributed by atoms with van der Waals surface area (Å²) >= 11 is 0. The van der Waals surface area contributed by atoms with Crippen molar-refractivity contribution in [3.05, 3.63) is 48.0 Å². The van der Waals surface area contributed by atoms with Gasteiger partial charge in [0.2, 0.25) is 0 Å². The van der Waals surface area contributed by atoms with Crippen molar-refractivity contribution in [1.82, 2.24) is 19.7 Å². The van der Waals surface area contributed by atoms with Gasteiger partial charge in [-0.05, 0) is 36.6 Å². The van der Waals surface area contributed by atoms with Crippen LogP contribution < -0.4 is 0 Å². The highest BCUT2D eigenvalue weighted by Gasteiger charge is 2.41. The Morgan fingerprint density at radius 2 is 2.00 bits per heavy atom. The van der Waals surface area contributed by atoms with E-state index in [4.69, 9.17) is 4.74 Å². The summed E-state index contributed by atoms with van der Waals surface area (Å²) in [5.74, 6) is -0.939. The molecule has 0 spiro atoms. The molecule has 2 fully saturated rings. The van der Waals surface area contributed by atoms with E-state index in [1.165, 1.54) is 6.07 Å². The monoisotopic (exact) mass is 402 g/mol. The minimum absolute atomic E-state index is 0.289. The van der Waals surface area contributed by atoms with E-state index in [0.29, 0.717) is 35.2 Å². The van der Waals surface area contributed by atoms with Crippen molar-refractivity contribution in [3.63, 3.8) is 0 Å². The highest BCUT2D eigenvalue weighted by Crippen LogP contribution is 2.32. The zero-order chi connectivity index (χ0) is 20.1. The molecule has 2 aliphatic rings. The van der Waals surface area contributed by atoms with Crippen LogP contribution >= 0.6 is 0 Å². The Morgan fingerprint density at radius 1 is 1.17 bits per heavy atom. The molecule has 3 aromatic rings. The highest BCUT2D eigenvalue weighted by molar-refractivity contribution is 5.80. The number of ether oxygens (including phenoxy) is 1. The zero-order valence-corrected chi connectivity index (χ0v) is 15.3. The fraction of sp³-hybridized carbons (Fsp3) is 0.350. The molecule has 0 unspecified atom stereocenters. The number of pyridine rings is 1. The van der Waals surface area contributed by atoms with Crippen LogP contribution in [0.2, 0.25) is 0 Å². The molecule has 1 atom stereocenters. The van der Waals surface area contributed by atoms with Crippen molar-refractivity contribution in [3.8, 4) is 11.1 Å². The molecular weight excluding hydrogens is 385 g/mol. The first-order chi connectivity index (χ1) is 14.0. The molecule has 1 saturated carbocycles. The summed E-state index contributed by atoms with van der Waals surface area (Å²) in [5, 5.41) is 4.33. The summed E-state index contributed by atoms with van der Waals surface area (Å²) in [4.78, 5) is 18.1. The largest absolute Gasteiger partial charge is 0.442 e. The maximum absolute atomic E-state index is 13.6. The normalized spacial score (nSPS) is 19.4. The molecule has 1 aliphatic carbocycles. The lowest BCUT2D eigenvalue weighted by Crippen LogP contribution is -2.28. The number of halogens is 3. The van der Waals surface area contributed by atoms with Crippen molar-refractivity contribution in [2.75, 3.05) is 6.54 Å². The summed E-state index contributed by atoms with van der Waals surface area (Å²) in [6.07, 6.45) is 1.66. The Balaban J connectivity index is 1.43. The molecule has 6 nitrogen and oxygen atoms in total. The van der Waals surface area contributed by atoms with Gasteiger partial charge >= 0.3 is 6.09 Å². The first-order valence-corrected chi connectivity index (χ1v) is 9.36. The third kappa shape index (κ3) is 3.30. The quantitative estimate of drug-likeness (QED) is 0.643. The smallest absolute Gasteiger partial charge is 0.410 e. The van der Waals surface area contributed by atoms with E-state index < -0.39 is 17.8 Å². The topological polar surface area (TPSA) is 60.3 Å². The van der Waals surface area contributed by atoms with Gasteiger partial charge in [-0.15, -0.1) is 0 Å². The fourth-order valence-corrected chi connectivity index (χ4v) is 3.66. The van der Waals surface area contributed by atoms with Gasteiger partial charge in [0.05, 0.1) is 30.4 Å². The Labute approximate surface area is 163 Å². The van der Waals surface area contributed by atoms with Gasteiger partial charge in [0, 0.05) is 17.8 Å². The van der Waals surface area contributed by atoms with Crippen molar-refractivity contribution in [1.29, 1.82) is 0 Å². The SMILES string of the molecule is O=C1O[C@H](Cn2ncc3ncc(-c4ccc(F)c(C(F)F)c4)cc32)CN1C1CC1. The molecule has 1 aliphatic heterocycles. The Kier molecular flexibility index (Phi) is 4.18. The second-order valence-electron chi connectivity index (χ2n) is 7.38. The van der Waals surface area contributed by atoms with E-state index in [0.717, 1.165) is 25.0 Å². The van der Waals surface area contributed by atoms with Crippen molar-refractivity contribution < 1.29 is 22.7 Å². The molecule has 3 heterocycles. The summed E-state index contributed by atoms with van der Waals surface area (Å²) in [5.41, 5.74) is 1.69. The maximum atomic E-state index is 13.6. The van der Waals surface area contributed by atoms with Crippen LogP contribution in [0.15, 0.2) is 36.7 Å². The summed E-state index contributed by atoms with van der Waals surface area (Å²) in [7, 11) is 0. The molecule has 2 aromatic heterocycles. The Hall–Kier alpha value is -3.10. The first kappa shape index (κ1) is 18.0. The summed E-state index contributed by atoms with van der Waals surface area (Å²) in [6.45, 7) is 0.892. The molecule has 29 heavy (non-hydrogen) atoms. The number of nitrogens with zero attached hydrogens (tertiary/aromatic N) is 4. The average Bonchev–Trinajstić information content (AvgIpc) is 3.37. The van der Waals surface area contributed by atoms with Crippen molar-refractivity contribution in [2.45, 2.75) is 38.0 Å². The first-order valence-electron chi connectivity index (χ1n) is 9.36. The molecule has 150 valence electrons. The number of cyclic esters (lactones) is 1. The molecule has 1 amide bonds. The van der Waals surface area contributed by atoms with Gasteiger partial charge in [0.1, 0.15) is 17.4 Å². The number of rotatable bonds is 5. The second kappa shape index (κ2) is 6.75. The van der Waals surface area contributed by atoms with Crippen LogP contribution in [-0.2, 0) is 11.3 Å². The van der Waals surface area contributed by atoms with Crippen LogP contribution in [0.4, 0.5) is 18.0 Å². The predicted octanol–water partition coefficient (Wildman–Crippen LogP) is 4.16. The van der Waals surface area contributed by atoms with Gasteiger partial charge in [-0.25, -0.2) is 18.0 Å². The van der Waals surface area contributed by atoms with Crippen molar-refractivity contribution >= 4 is 17.1 Å². The van der Waals surface area contributed by atoms with Crippen LogP contribution in [0, 0.1) is 5.82 Å². The number of benzene rings is 1. The van der Waals surface area contributed by atoms with E-state index in [9.17, 15) is 18.0 Å². The van der Waals surface area contributed by atoms with E-state index in [1.807, 2.05) is 0 Å². The Morgan fingerprint density at radius 3 is 2.76 bits per heavy atom. The third-order valence-corrected chi connectivity index (χ3v) is 5.33. The van der Waals surface area contributed by atoms with Gasteiger partial charge in [-0.2, -0.15) is 5.10 Å². The van der Waals surface area contributed by atoms with E-state index in [1.54, 1.807) is 28.0 Å². The van der Waals surface area contributed by atoms with Crippen LogP contribution in [0.25, 0.3) is 22.2 Å². The number of hydrogen-bond donors (Lipinski definition) is 0. The molecule has 9 heteroatoms. The number of alkyl halides is 2. The molecule has 1 aromatic carbocycles. The van der Waals surface area contributed by atoms with Gasteiger partial charge in [-0.3, -0.25) is 9.67 Å². The fourth-order valence-electron chi connectivity index (χ4n) is 3.66. The number of amides is 1. The molecule has 1 saturated heterocycles. The maximum Gasteiger partial charge on any atom is 0.410 e. The number of aromatic nitrogens is 3. The van der Waals surface area contributed by atoms with E-state index >= 15 is 0 Å². The zero-order valence-electron chi connectivity index (χ0n) is 15.3. The molecule has 0 N–H and O–H groups in total. The van der Waals surface area contributed by atoms with Crippen LogP contribution in [0.3, 0.4) is 0 Å². The average molecular weight is 402 g/mol. The standard InChI is InChI=1S/C20H17F3N4O2/c21-16-4-1-11(5-15(16)19(22)23)12-6-18-17(24-7-12)8-25-27(18)10-14-9-26(13-2-3-13)20(28)29-14/h1,4-8,13-14,19H,2-3,9-10H2/t14-/m0/s1. The van der Waals surface area contributed by atoms with E-state index in [-0.39, 0.29) is 18.2 Å². The third-order valence-electron chi connectivity index (χ3n) is 5.33. The number of fused-ring (bicyclic) bond motifs is 1. The molecule has 0 bridgehead atoms. The van der Waals surface area contributed by atoms with Gasteiger partial charge in [0.15, 0.2) is 0 Å².